The smallest absolute Gasteiger partial charge is 0.126 e. The molecule has 3 N–H and O–H groups in total. The summed E-state index contributed by atoms with van der Waals surface area (Å²) < 4.78 is 0. The standard InChI is InChI=1S/C23H24O3/c1-15-8-16(2)10-18(9-15)22(17-6-4-3-5-7-17)19-11-20(13-24)23(26)21(12-19)14-25/h3-12,22,24-26H,13-14H2,1-2H3. The van der Waals surface area contributed by atoms with Gasteiger partial charge in [-0.1, -0.05) is 59.7 Å². The van der Waals surface area contributed by atoms with Crippen molar-refractivity contribution < 1.29 is 15.3 Å². The van der Waals surface area contributed by atoms with Gasteiger partial charge in [-0.3, -0.25) is 0 Å². The van der Waals surface area contributed by atoms with Crippen molar-refractivity contribution in [2.45, 2.75) is 33.0 Å². The molecule has 1 unspecified atom stereocenters. The molecule has 0 bridgehead atoms. The van der Waals surface area contributed by atoms with Crippen molar-refractivity contribution in [3.8, 4) is 5.75 Å². The van der Waals surface area contributed by atoms with Gasteiger partial charge in [-0.2, -0.15) is 0 Å². The van der Waals surface area contributed by atoms with E-state index in [0.717, 1.165) is 16.7 Å². The minimum absolute atomic E-state index is 0.0361. The van der Waals surface area contributed by atoms with E-state index in [9.17, 15) is 15.3 Å². The normalized spacial score (nSPS) is 12.2. The Balaban J connectivity index is 2.25. The Labute approximate surface area is 154 Å². The van der Waals surface area contributed by atoms with Crippen LogP contribution in [-0.2, 0) is 13.2 Å². The fourth-order valence-electron chi connectivity index (χ4n) is 3.59. The molecule has 134 valence electrons. The molecule has 3 rings (SSSR count). The molecule has 0 saturated carbocycles. The summed E-state index contributed by atoms with van der Waals surface area (Å²) in [7, 11) is 0. The van der Waals surface area contributed by atoms with E-state index in [0.29, 0.717) is 11.1 Å². The molecule has 0 spiro atoms. The van der Waals surface area contributed by atoms with Gasteiger partial charge >= 0.3 is 0 Å². The van der Waals surface area contributed by atoms with Crippen LogP contribution in [0.4, 0.5) is 0 Å². The van der Waals surface area contributed by atoms with Crippen molar-refractivity contribution in [3.05, 3.63) is 99.6 Å². The van der Waals surface area contributed by atoms with E-state index < -0.39 is 0 Å². The molecule has 3 aromatic rings. The highest BCUT2D eigenvalue weighted by molar-refractivity contribution is 5.51. The Morgan fingerprint density at radius 1 is 0.692 bits per heavy atom. The number of aromatic hydroxyl groups is 1. The van der Waals surface area contributed by atoms with Crippen LogP contribution < -0.4 is 0 Å². The molecule has 0 fully saturated rings. The number of phenols is 1. The molecule has 3 aromatic carbocycles. The van der Waals surface area contributed by atoms with Crippen molar-refractivity contribution >= 4 is 0 Å². The molecule has 0 saturated heterocycles. The molecule has 1 atom stereocenters. The molecule has 0 aliphatic carbocycles. The average molecular weight is 348 g/mol. The van der Waals surface area contributed by atoms with Crippen molar-refractivity contribution in [1.82, 2.24) is 0 Å². The SMILES string of the molecule is Cc1cc(C)cc(C(c2ccccc2)c2cc(CO)c(O)c(CO)c2)c1. The Morgan fingerprint density at radius 2 is 1.19 bits per heavy atom. The monoisotopic (exact) mass is 348 g/mol. The van der Waals surface area contributed by atoms with Crippen molar-refractivity contribution in [2.75, 3.05) is 0 Å². The largest absolute Gasteiger partial charge is 0.507 e. The summed E-state index contributed by atoms with van der Waals surface area (Å²) in [6.07, 6.45) is 0. The minimum atomic E-state index is -0.277. The predicted molar refractivity (Wildman–Crippen MR) is 103 cm³/mol. The first-order valence-corrected chi connectivity index (χ1v) is 8.73. The molecular weight excluding hydrogens is 324 g/mol. The maximum absolute atomic E-state index is 10.2. The first-order chi connectivity index (χ1) is 12.5. The Morgan fingerprint density at radius 3 is 1.69 bits per heavy atom. The lowest BCUT2D eigenvalue weighted by molar-refractivity contribution is 0.263. The molecule has 0 aromatic heterocycles. The van der Waals surface area contributed by atoms with Gasteiger partial charge in [0.25, 0.3) is 0 Å². The van der Waals surface area contributed by atoms with Gasteiger partial charge in [0.1, 0.15) is 5.75 Å². The minimum Gasteiger partial charge on any atom is -0.507 e. The number of aliphatic hydroxyl groups is 2. The van der Waals surface area contributed by atoms with Gasteiger partial charge in [0.15, 0.2) is 0 Å². The zero-order chi connectivity index (χ0) is 18.7. The van der Waals surface area contributed by atoms with Crippen LogP contribution in [0.1, 0.15) is 44.9 Å². The fraction of sp³-hybridized carbons (Fsp3) is 0.217. The Kier molecular flexibility index (Phi) is 5.40. The highest BCUT2D eigenvalue weighted by Gasteiger charge is 2.20. The van der Waals surface area contributed by atoms with Gasteiger partial charge in [-0.05, 0) is 42.7 Å². The summed E-state index contributed by atoms with van der Waals surface area (Å²) in [6.45, 7) is 3.60. The predicted octanol–water partition coefficient (Wildman–Crippen LogP) is 4.17. The van der Waals surface area contributed by atoms with Crippen LogP contribution in [0.5, 0.6) is 5.75 Å². The molecule has 0 heterocycles. The van der Waals surface area contributed by atoms with E-state index in [1.54, 1.807) is 0 Å². The van der Waals surface area contributed by atoms with Crippen molar-refractivity contribution in [3.63, 3.8) is 0 Å². The second-order valence-electron chi connectivity index (χ2n) is 6.77. The number of benzene rings is 3. The number of rotatable bonds is 5. The second kappa shape index (κ2) is 7.73. The van der Waals surface area contributed by atoms with Crippen LogP contribution in [0.2, 0.25) is 0 Å². The maximum atomic E-state index is 10.2. The zero-order valence-electron chi connectivity index (χ0n) is 15.1. The molecule has 3 nitrogen and oxygen atoms in total. The van der Waals surface area contributed by atoms with Crippen LogP contribution in [0.25, 0.3) is 0 Å². The third-order valence-corrected chi connectivity index (χ3v) is 4.67. The van der Waals surface area contributed by atoms with Crippen LogP contribution >= 0.6 is 0 Å². The maximum Gasteiger partial charge on any atom is 0.126 e. The average Bonchev–Trinajstić information content (AvgIpc) is 2.63. The van der Waals surface area contributed by atoms with Crippen LogP contribution in [0.3, 0.4) is 0 Å². The zero-order valence-corrected chi connectivity index (χ0v) is 15.1. The number of hydrogen-bond donors (Lipinski definition) is 3. The second-order valence-corrected chi connectivity index (χ2v) is 6.77. The lowest BCUT2D eigenvalue weighted by atomic mass is 9.82. The van der Waals surface area contributed by atoms with E-state index in [-0.39, 0.29) is 24.9 Å². The molecular formula is C23H24O3. The van der Waals surface area contributed by atoms with Gasteiger partial charge in [0.2, 0.25) is 0 Å². The fourth-order valence-corrected chi connectivity index (χ4v) is 3.59. The summed E-state index contributed by atoms with van der Waals surface area (Å²) >= 11 is 0. The molecule has 0 aliphatic rings. The van der Waals surface area contributed by atoms with E-state index in [1.165, 1.54) is 11.1 Å². The molecule has 0 amide bonds. The summed E-state index contributed by atoms with van der Waals surface area (Å²) in [5.41, 5.74) is 6.43. The highest BCUT2D eigenvalue weighted by Crippen LogP contribution is 2.36. The van der Waals surface area contributed by atoms with E-state index in [1.807, 2.05) is 30.3 Å². The number of hydrogen-bond acceptors (Lipinski definition) is 3. The van der Waals surface area contributed by atoms with Gasteiger partial charge in [0.05, 0.1) is 13.2 Å². The van der Waals surface area contributed by atoms with Gasteiger partial charge in [-0.15, -0.1) is 0 Å². The first kappa shape index (κ1) is 18.2. The van der Waals surface area contributed by atoms with E-state index in [2.05, 4.69) is 44.2 Å². The first-order valence-electron chi connectivity index (χ1n) is 8.73. The third kappa shape index (κ3) is 3.64. The summed E-state index contributed by atoms with van der Waals surface area (Å²) in [4.78, 5) is 0. The number of aliphatic hydroxyl groups excluding tert-OH is 2. The third-order valence-electron chi connectivity index (χ3n) is 4.67. The van der Waals surface area contributed by atoms with Crippen LogP contribution in [-0.4, -0.2) is 15.3 Å². The Hall–Kier alpha value is -2.62. The van der Waals surface area contributed by atoms with Gasteiger partial charge < -0.3 is 15.3 Å². The molecule has 0 aliphatic heterocycles. The lowest BCUT2D eigenvalue weighted by Gasteiger charge is -2.22. The lowest BCUT2D eigenvalue weighted by Crippen LogP contribution is -2.06. The summed E-state index contributed by atoms with van der Waals surface area (Å²) in [6, 6.07) is 20.3. The molecule has 0 radical (unpaired) electrons. The van der Waals surface area contributed by atoms with Gasteiger partial charge in [-0.25, -0.2) is 0 Å². The molecule has 26 heavy (non-hydrogen) atoms. The number of aryl methyl sites for hydroxylation is 2. The summed E-state index contributed by atoms with van der Waals surface area (Å²) in [5.74, 6) is -0.0861. The summed E-state index contributed by atoms with van der Waals surface area (Å²) in [5, 5.41) is 29.5. The topological polar surface area (TPSA) is 60.7 Å². The van der Waals surface area contributed by atoms with Crippen LogP contribution in [0, 0.1) is 13.8 Å². The quantitative estimate of drug-likeness (QED) is 0.606. The molecule has 3 heteroatoms. The van der Waals surface area contributed by atoms with Crippen LogP contribution in [0.15, 0.2) is 60.7 Å². The van der Waals surface area contributed by atoms with E-state index in [4.69, 9.17) is 0 Å². The highest BCUT2D eigenvalue weighted by atomic mass is 16.3. The van der Waals surface area contributed by atoms with Gasteiger partial charge in [0, 0.05) is 17.0 Å². The Bertz CT molecular complexity index is 855. The van der Waals surface area contributed by atoms with Crippen molar-refractivity contribution in [2.24, 2.45) is 0 Å². The van der Waals surface area contributed by atoms with Crippen molar-refractivity contribution in [1.29, 1.82) is 0 Å². The van der Waals surface area contributed by atoms with E-state index >= 15 is 0 Å².